The number of benzene rings is 1. The highest BCUT2D eigenvalue weighted by atomic mass is 32.2. The van der Waals surface area contributed by atoms with Gasteiger partial charge in [-0.05, 0) is 49.9 Å². The van der Waals surface area contributed by atoms with Gasteiger partial charge in [-0.25, -0.2) is 8.42 Å². The van der Waals surface area contributed by atoms with Crippen LogP contribution < -0.4 is 9.62 Å². The minimum absolute atomic E-state index is 0.213. The predicted molar refractivity (Wildman–Crippen MR) is 88.2 cm³/mol. The Balaban J connectivity index is 2.06. The average molecular weight is 310 g/mol. The molecule has 0 spiro atoms. The van der Waals surface area contributed by atoms with Crippen LogP contribution in [-0.2, 0) is 16.4 Å². The van der Waals surface area contributed by atoms with E-state index in [1.165, 1.54) is 0 Å². The standard InChI is InChI=1S/C16H26N2O2S/c1-3-9-17-10-6-11-21(19,20)18-13-14(2)12-15-7-4-5-8-16(15)18/h4-5,7-8,14,17H,3,6,9-13H2,1-2H3. The summed E-state index contributed by atoms with van der Waals surface area (Å²) in [5.41, 5.74) is 2.01. The second-order valence-corrected chi connectivity index (χ2v) is 7.90. The van der Waals surface area contributed by atoms with Crippen molar-refractivity contribution in [2.75, 3.05) is 29.7 Å². The van der Waals surface area contributed by atoms with Gasteiger partial charge in [-0.15, -0.1) is 0 Å². The Hall–Kier alpha value is -1.07. The van der Waals surface area contributed by atoms with Crippen molar-refractivity contribution in [3.63, 3.8) is 0 Å². The number of sulfonamides is 1. The zero-order valence-corrected chi connectivity index (χ0v) is 13.8. The Bertz CT molecular complexity index is 557. The molecule has 0 radical (unpaired) electrons. The minimum Gasteiger partial charge on any atom is -0.317 e. The van der Waals surface area contributed by atoms with Gasteiger partial charge in [0.15, 0.2) is 0 Å². The van der Waals surface area contributed by atoms with Crippen LogP contribution >= 0.6 is 0 Å². The van der Waals surface area contributed by atoms with E-state index < -0.39 is 10.0 Å². The van der Waals surface area contributed by atoms with Crippen LogP contribution in [0, 0.1) is 5.92 Å². The largest absolute Gasteiger partial charge is 0.317 e. The van der Waals surface area contributed by atoms with E-state index >= 15 is 0 Å². The number of rotatable bonds is 7. The van der Waals surface area contributed by atoms with E-state index in [4.69, 9.17) is 0 Å². The number of hydrogen-bond acceptors (Lipinski definition) is 3. The lowest BCUT2D eigenvalue weighted by Crippen LogP contribution is -2.40. The summed E-state index contributed by atoms with van der Waals surface area (Å²) in [6.45, 7) is 6.53. The highest BCUT2D eigenvalue weighted by Gasteiger charge is 2.29. The monoisotopic (exact) mass is 310 g/mol. The third-order valence-corrected chi connectivity index (χ3v) is 5.65. The number of nitrogens with zero attached hydrogens (tertiary/aromatic N) is 1. The number of hydrogen-bond donors (Lipinski definition) is 1. The van der Waals surface area contributed by atoms with Crippen LogP contribution in [0.1, 0.15) is 32.3 Å². The maximum atomic E-state index is 12.6. The summed E-state index contributed by atoms with van der Waals surface area (Å²) in [7, 11) is -3.22. The van der Waals surface area contributed by atoms with Crippen LogP contribution in [-0.4, -0.2) is 33.8 Å². The number of para-hydroxylation sites is 1. The summed E-state index contributed by atoms with van der Waals surface area (Å²) in [5.74, 6) is 0.581. The summed E-state index contributed by atoms with van der Waals surface area (Å²) in [6, 6.07) is 7.86. The Morgan fingerprint density at radius 2 is 2.05 bits per heavy atom. The van der Waals surface area contributed by atoms with Crippen molar-refractivity contribution < 1.29 is 8.42 Å². The Morgan fingerprint density at radius 1 is 1.29 bits per heavy atom. The molecule has 0 aliphatic carbocycles. The van der Waals surface area contributed by atoms with Crippen molar-refractivity contribution in [2.45, 2.75) is 33.1 Å². The molecule has 5 heteroatoms. The van der Waals surface area contributed by atoms with Gasteiger partial charge in [-0.2, -0.15) is 0 Å². The van der Waals surface area contributed by atoms with Crippen molar-refractivity contribution in [2.24, 2.45) is 5.92 Å². The molecule has 118 valence electrons. The van der Waals surface area contributed by atoms with Gasteiger partial charge in [0.25, 0.3) is 0 Å². The van der Waals surface area contributed by atoms with Crippen LogP contribution in [0.4, 0.5) is 5.69 Å². The summed E-state index contributed by atoms with van der Waals surface area (Å²) < 4.78 is 26.9. The van der Waals surface area contributed by atoms with E-state index in [0.717, 1.165) is 37.2 Å². The molecule has 0 saturated heterocycles. The van der Waals surface area contributed by atoms with Crippen LogP contribution in [0.3, 0.4) is 0 Å². The molecule has 1 aliphatic heterocycles. The first-order valence-electron chi connectivity index (χ1n) is 7.83. The van der Waals surface area contributed by atoms with Crippen LogP contribution in [0.15, 0.2) is 24.3 Å². The van der Waals surface area contributed by atoms with Crippen LogP contribution in [0.5, 0.6) is 0 Å². The fourth-order valence-corrected chi connectivity index (χ4v) is 4.49. The molecule has 1 aromatic rings. The second-order valence-electron chi connectivity index (χ2n) is 5.89. The summed E-state index contributed by atoms with van der Waals surface area (Å²) in [5, 5.41) is 3.26. The molecular formula is C16H26N2O2S. The maximum absolute atomic E-state index is 12.6. The number of nitrogens with one attached hydrogen (secondary N) is 1. The van der Waals surface area contributed by atoms with Crippen molar-refractivity contribution >= 4 is 15.7 Å². The maximum Gasteiger partial charge on any atom is 0.235 e. The third kappa shape index (κ3) is 4.20. The first kappa shape index (κ1) is 16.3. The Labute approximate surface area is 128 Å². The van der Waals surface area contributed by atoms with Gasteiger partial charge < -0.3 is 5.32 Å². The van der Waals surface area contributed by atoms with Crippen molar-refractivity contribution in [1.29, 1.82) is 0 Å². The molecule has 1 heterocycles. The molecule has 0 fully saturated rings. The van der Waals surface area contributed by atoms with E-state index in [2.05, 4.69) is 19.2 Å². The fraction of sp³-hybridized carbons (Fsp3) is 0.625. The van der Waals surface area contributed by atoms with E-state index in [0.29, 0.717) is 18.9 Å². The molecule has 0 aromatic heterocycles. The van der Waals surface area contributed by atoms with E-state index in [9.17, 15) is 8.42 Å². The molecule has 1 unspecified atom stereocenters. The van der Waals surface area contributed by atoms with E-state index in [1.54, 1.807) is 4.31 Å². The quantitative estimate of drug-likeness (QED) is 0.787. The molecule has 0 amide bonds. The van der Waals surface area contributed by atoms with Gasteiger partial charge in [-0.1, -0.05) is 32.0 Å². The Kier molecular flexibility index (Phi) is 5.65. The van der Waals surface area contributed by atoms with Crippen LogP contribution in [0.25, 0.3) is 0 Å². The highest BCUT2D eigenvalue weighted by molar-refractivity contribution is 7.92. The molecular weight excluding hydrogens is 284 g/mol. The summed E-state index contributed by atoms with van der Waals surface area (Å²) in [4.78, 5) is 0. The van der Waals surface area contributed by atoms with Gasteiger partial charge in [-0.3, -0.25) is 4.31 Å². The van der Waals surface area contributed by atoms with Gasteiger partial charge in [0.05, 0.1) is 11.4 Å². The Morgan fingerprint density at radius 3 is 2.81 bits per heavy atom. The highest BCUT2D eigenvalue weighted by Crippen LogP contribution is 2.31. The fourth-order valence-electron chi connectivity index (χ4n) is 2.80. The van der Waals surface area contributed by atoms with Crippen molar-refractivity contribution in [1.82, 2.24) is 5.32 Å². The lowest BCUT2D eigenvalue weighted by molar-refractivity contribution is 0.542. The zero-order chi connectivity index (χ0) is 15.3. The second kappa shape index (κ2) is 7.27. The topological polar surface area (TPSA) is 49.4 Å². The molecule has 21 heavy (non-hydrogen) atoms. The lowest BCUT2D eigenvalue weighted by Gasteiger charge is -2.34. The zero-order valence-electron chi connectivity index (χ0n) is 13.0. The number of fused-ring (bicyclic) bond motifs is 1. The average Bonchev–Trinajstić information content (AvgIpc) is 2.46. The summed E-state index contributed by atoms with van der Waals surface area (Å²) in [6.07, 6.45) is 2.69. The molecule has 1 aliphatic rings. The van der Waals surface area contributed by atoms with Gasteiger partial charge >= 0.3 is 0 Å². The third-order valence-electron chi connectivity index (χ3n) is 3.82. The molecule has 4 nitrogen and oxygen atoms in total. The molecule has 2 rings (SSSR count). The SMILES string of the molecule is CCCNCCCS(=O)(=O)N1CC(C)Cc2ccccc21. The van der Waals surface area contributed by atoms with Crippen molar-refractivity contribution in [3.05, 3.63) is 29.8 Å². The smallest absolute Gasteiger partial charge is 0.235 e. The van der Waals surface area contributed by atoms with Gasteiger partial charge in [0.1, 0.15) is 0 Å². The minimum atomic E-state index is -3.22. The number of anilines is 1. The first-order valence-corrected chi connectivity index (χ1v) is 9.44. The predicted octanol–water partition coefficient (Wildman–Crippen LogP) is 2.40. The van der Waals surface area contributed by atoms with Crippen LogP contribution in [0.2, 0.25) is 0 Å². The molecule has 1 N–H and O–H groups in total. The molecule has 1 atom stereocenters. The first-order chi connectivity index (χ1) is 10.0. The molecule has 0 bridgehead atoms. The molecule has 0 saturated carbocycles. The summed E-state index contributed by atoms with van der Waals surface area (Å²) >= 11 is 0. The van der Waals surface area contributed by atoms with Gasteiger partial charge in [0.2, 0.25) is 10.0 Å². The van der Waals surface area contributed by atoms with Gasteiger partial charge in [0, 0.05) is 6.54 Å². The van der Waals surface area contributed by atoms with E-state index in [-0.39, 0.29) is 5.75 Å². The van der Waals surface area contributed by atoms with E-state index in [1.807, 2.05) is 24.3 Å². The normalized spacial score (nSPS) is 18.6. The molecule has 1 aromatic carbocycles. The van der Waals surface area contributed by atoms with Crippen molar-refractivity contribution in [3.8, 4) is 0 Å². The lowest BCUT2D eigenvalue weighted by atomic mass is 9.96.